The monoisotopic (exact) mass is 200 g/mol. The summed E-state index contributed by atoms with van der Waals surface area (Å²) in [6.45, 7) is 0.117. The lowest BCUT2D eigenvalue weighted by atomic mass is 10.2. The quantitative estimate of drug-likeness (QED) is 0.745. The average Bonchev–Trinajstić information content (AvgIpc) is 2.08. The number of hydrogen-bond acceptors (Lipinski definition) is 2. The van der Waals surface area contributed by atoms with E-state index in [1.54, 1.807) is 0 Å². The minimum atomic E-state index is -0.637. The summed E-state index contributed by atoms with van der Waals surface area (Å²) in [5, 5.41) is 2.62. The topological polar surface area (TPSA) is 55.1 Å². The van der Waals surface area contributed by atoms with Crippen molar-refractivity contribution in [1.29, 1.82) is 0 Å². The van der Waals surface area contributed by atoms with Gasteiger partial charge < -0.3 is 11.1 Å². The molecule has 0 saturated heterocycles. The molecule has 1 rings (SSSR count). The van der Waals surface area contributed by atoms with Crippen LogP contribution in [0, 0.1) is 11.6 Å². The molecule has 1 aromatic carbocycles. The minimum absolute atomic E-state index is 0.0309. The van der Waals surface area contributed by atoms with Gasteiger partial charge in [-0.15, -0.1) is 0 Å². The fourth-order valence-electron chi connectivity index (χ4n) is 0.985. The Morgan fingerprint density at radius 2 is 2.14 bits per heavy atom. The highest BCUT2D eigenvalue weighted by Crippen LogP contribution is 2.08. The Bertz CT molecular complexity index is 342. The van der Waals surface area contributed by atoms with Crippen LogP contribution in [0.4, 0.5) is 8.78 Å². The maximum atomic E-state index is 13.0. The molecule has 1 aromatic rings. The molecule has 0 aliphatic rings. The first kappa shape index (κ1) is 10.6. The van der Waals surface area contributed by atoms with Crippen molar-refractivity contribution in [3.63, 3.8) is 0 Å². The van der Waals surface area contributed by atoms with Crippen LogP contribution in [0.15, 0.2) is 18.2 Å². The smallest absolute Gasteiger partial charge is 0.231 e. The Morgan fingerprint density at radius 3 is 2.71 bits per heavy atom. The molecule has 0 atom stereocenters. The Kier molecular flexibility index (Phi) is 3.53. The second-order valence-electron chi connectivity index (χ2n) is 2.81. The van der Waals surface area contributed by atoms with Gasteiger partial charge in [0.25, 0.3) is 0 Å². The average molecular weight is 200 g/mol. The number of nitrogens with one attached hydrogen (secondary N) is 1. The molecule has 0 saturated carbocycles. The highest BCUT2D eigenvalue weighted by Gasteiger charge is 2.03. The molecule has 0 unspecified atom stereocenters. The van der Waals surface area contributed by atoms with E-state index < -0.39 is 17.5 Å². The highest BCUT2D eigenvalue weighted by atomic mass is 19.1. The van der Waals surface area contributed by atoms with Gasteiger partial charge in [0.15, 0.2) is 0 Å². The first-order chi connectivity index (χ1) is 6.59. The van der Waals surface area contributed by atoms with Gasteiger partial charge in [0.1, 0.15) is 11.6 Å². The lowest BCUT2D eigenvalue weighted by Crippen LogP contribution is -2.28. The van der Waals surface area contributed by atoms with Crippen LogP contribution in [0.5, 0.6) is 0 Å². The summed E-state index contributed by atoms with van der Waals surface area (Å²) in [4.78, 5) is 10.3. The van der Waals surface area contributed by atoms with Crippen LogP contribution in [0.3, 0.4) is 0 Å². The molecule has 3 N–H and O–H groups in total. The van der Waals surface area contributed by atoms with Crippen molar-refractivity contribution in [1.82, 2.24) is 5.32 Å². The van der Waals surface area contributed by atoms with Crippen LogP contribution in [0.1, 0.15) is 5.56 Å². The van der Waals surface area contributed by atoms with E-state index >= 15 is 0 Å². The van der Waals surface area contributed by atoms with E-state index in [1.807, 2.05) is 0 Å². The van der Waals surface area contributed by atoms with Crippen LogP contribution in [0.2, 0.25) is 0 Å². The molecule has 76 valence electrons. The maximum Gasteiger partial charge on any atom is 0.231 e. The number of hydrogen-bond donors (Lipinski definition) is 2. The summed E-state index contributed by atoms with van der Waals surface area (Å²) < 4.78 is 25.4. The summed E-state index contributed by atoms with van der Waals surface area (Å²) >= 11 is 0. The van der Waals surface area contributed by atoms with Gasteiger partial charge >= 0.3 is 0 Å². The number of carbonyl (C=O) groups is 1. The summed E-state index contributed by atoms with van der Waals surface area (Å²) in [5.41, 5.74) is 5.16. The first-order valence-electron chi connectivity index (χ1n) is 4.02. The fourth-order valence-corrected chi connectivity index (χ4v) is 0.985. The van der Waals surface area contributed by atoms with Crippen molar-refractivity contribution >= 4 is 5.91 Å². The molecule has 0 radical (unpaired) electrons. The van der Waals surface area contributed by atoms with E-state index in [1.165, 1.54) is 6.07 Å². The second kappa shape index (κ2) is 4.66. The predicted octanol–water partition coefficient (Wildman–Crippen LogP) is 0.540. The molecular weight excluding hydrogens is 190 g/mol. The van der Waals surface area contributed by atoms with Gasteiger partial charge in [-0.3, -0.25) is 4.79 Å². The normalized spacial score (nSPS) is 10.1. The van der Waals surface area contributed by atoms with E-state index in [2.05, 4.69) is 5.32 Å². The fraction of sp³-hybridized carbons (Fsp3) is 0.222. The molecular formula is C9H10F2N2O. The molecule has 14 heavy (non-hydrogen) atoms. The lowest BCUT2D eigenvalue weighted by Gasteiger charge is -2.03. The molecule has 0 aromatic heterocycles. The van der Waals surface area contributed by atoms with Crippen molar-refractivity contribution < 1.29 is 13.6 Å². The molecule has 0 bridgehead atoms. The number of nitrogens with two attached hydrogens (primary N) is 1. The third-order valence-corrected chi connectivity index (χ3v) is 1.63. The van der Waals surface area contributed by atoms with Gasteiger partial charge in [0.2, 0.25) is 5.91 Å². The van der Waals surface area contributed by atoms with Crippen LogP contribution < -0.4 is 11.1 Å². The van der Waals surface area contributed by atoms with Crippen LogP contribution in [-0.4, -0.2) is 12.5 Å². The van der Waals surface area contributed by atoms with Gasteiger partial charge in [0.05, 0.1) is 6.54 Å². The molecule has 0 aliphatic carbocycles. The molecule has 3 nitrogen and oxygen atoms in total. The largest absolute Gasteiger partial charge is 0.369 e. The number of benzene rings is 1. The zero-order chi connectivity index (χ0) is 10.6. The Hall–Kier alpha value is -1.49. The molecule has 5 heteroatoms. The van der Waals surface area contributed by atoms with Crippen molar-refractivity contribution in [2.75, 3.05) is 6.54 Å². The van der Waals surface area contributed by atoms with Crippen molar-refractivity contribution in [3.05, 3.63) is 35.4 Å². The summed E-state index contributed by atoms with van der Waals surface area (Å²) in [6, 6.07) is 3.27. The van der Waals surface area contributed by atoms with Crippen LogP contribution in [0.25, 0.3) is 0 Å². The van der Waals surface area contributed by atoms with Crippen LogP contribution in [-0.2, 0) is 11.3 Å². The first-order valence-corrected chi connectivity index (χ1v) is 4.02. The van der Waals surface area contributed by atoms with Gasteiger partial charge in [-0.2, -0.15) is 0 Å². The van der Waals surface area contributed by atoms with Gasteiger partial charge in [-0.1, -0.05) is 6.07 Å². The summed E-state index contributed by atoms with van der Waals surface area (Å²) in [6.07, 6.45) is 0. The Balaban J connectivity index is 2.55. The van der Waals surface area contributed by atoms with Crippen LogP contribution >= 0.6 is 0 Å². The SMILES string of the molecule is NC(=O)CNCc1ccc(F)cc1F. The molecule has 0 heterocycles. The highest BCUT2D eigenvalue weighted by molar-refractivity contribution is 5.75. The number of amides is 1. The van der Waals surface area contributed by atoms with E-state index in [9.17, 15) is 13.6 Å². The van der Waals surface area contributed by atoms with Gasteiger partial charge in [0, 0.05) is 18.2 Å². The standard InChI is InChI=1S/C9H10F2N2O/c10-7-2-1-6(8(11)3-7)4-13-5-9(12)14/h1-3,13H,4-5H2,(H2,12,14). The Morgan fingerprint density at radius 1 is 1.43 bits per heavy atom. The number of rotatable bonds is 4. The number of primary amides is 1. The van der Waals surface area contributed by atoms with E-state index in [4.69, 9.17) is 5.73 Å². The predicted molar refractivity (Wildman–Crippen MR) is 47.3 cm³/mol. The van der Waals surface area contributed by atoms with E-state index in [0.717, 1.165) is 12.1 Å². The summed E-state index contributed by atoms with van der Waals surface area (Å²) in [7, 11) is 0. The maximum absolute atomic E-state index is 13.0. The molecule has 0 aliphatic heterocycles. The molecule has 1 amide bonds. The van der Waals surface area contributed by atoms with Crippen molar-refractivity contribution in [3.8, 4) is 0 Å². The molecule has 0 fully saturated rings. The van der Waals surface area contributed by atoms with Gasteiger partial charge in [-0.25, -0.2) is 8.78 Å². The number of halogens is 2. The second-order valence-corrected chi connectivity index (χ2v) is 2.81. The number of carbonyl (C=O) groups excluding carboxylic acids is 1. The summed E-state index contributed by atoms with van der Waals surface area (Å²) in [5.74, 6) is -1.78. The third-order valence-electron chi connectivity index (χ3n) is 1.63. The van der Waals surface area contributed by atoms with Gasteiger partial charge in [-0.05, 0) is 6.07 Å². The molecule has 0 spiro atoms. The van der Waals surface area contributed by atoms with E-state index in [0.29, 0.717) is 5.56 Å². The van der Waals surface area contributed by atoms with Crippen molar-refractivity contribution in [2.24, 2.45) is 5.73 Å². The lowest BCUT2D eigenvalue weighted by molar-refractivity contribution is -0.117. The third kappa shape index (κ3) is 3.10. The minimum Gasteiger partial charge on any atom is -0.369 e. The zero-order valence-corrected chi connectivity index (χ0v) is 7.39. The van der Waals surface area contributed by atoms with E-state index in [-0.39, 0.29) is 13.1 Å². The van der Waals surface area contributed by atoms with Crippen molar-refractivity contribution in [2.45, 2.75) is 6.54 Å². The Labute approximate surface area is 79.9 Å². The zero-order valence-electron chi connectivity index (χ0n) is 7.39.